The largest absolute Gasteiger partial charge is 0.493 e. The summed E-state index contributed by atoms with van der Waals surface area (Å²) in [5, 5.41) is 0. The molecule has 0 fully saturated rings. The van der Waals surface area contributed by atoms with Crippen LogP contribution in [0.3, 0.4) is 0 Å². The maximum Gasteiger partial charge on any atom is 0.143 e. The van der Waals surface area contributed by atoms with Crippen LogP contribution in [-0.4, -0.2) is 26.4 Å². The van der Waals surface area contributed by atoms with Gasteiger partial charge in [0.15, 0.2) is 0 Å². The lowest BCUT2D eigenvalue weighted by Crippen LogP contribution is -2.03. The highest BCUT2D eigenvalue weighted by atomic mass is 16.5. The summed E-state index contributed by atoms with van der Waals surface area (Å²) in [5.41, 5.74) is 14.9. The van der Waals surface area contributed by atoms with E-state index in [9.17, 15) is 0 Å². The number of ether oxygens (including phenoxy) is 4. The van der Waals surface area contributed by atoms with Gasteiger partial charge in [0.25, 0.3) is 0 Å². The molecule has 2 aromatic carbocycles. The van der Waals surface area contributed by atoms with Crippen LogP contribution in [0.2, 0.25) is 0 Å². The van der Waals surface area contributed by atoms with Crippen molar-refractivity contribution in [3.05, 3.63) is 24.3 Å². The van der Waals surface area contributed by atoms with E-state index in [0.29, 0.717) is 60.8 Å². The first-order valence-electron chi connectivity index (χ1n) is 8.94. The van der Waals surface area contributed by atoms with Crippen molar-refractivity contribution in [1.82, 2.24) is 0 Å². The second-order valence-electron chi connectivity index (χ2n) is 5.50. The fourth-order valence-electron chi connectivity index (χ4n) is 2.68. The Labute approximate surface area is 155 Å². The zero-order chi connectivity index (χ0) is 19.1. The first kappa shape index (κ1) is 19.6. The van der Waals surface area contributed by atoms with Crippen LogP contribution in [0.25, 0.3) is 11.1 Å². The molecule has 0 bridgehead atoms. The van der Waals surface area contributed by atoms with E-state index in [0.717, 1.165) is 11.1 Å². The van der Waals surface area contributed by atoms with Crippen LogP contribution in [0, 0.1) is 0 Å². The molecule has 26 heavy (non-hydrogen) atoms. The molecule has 0 atom stereocenters. The molecule has 0 aliphatic carbocycles. The highest BCUT2D eigenvalue weighted by molar-refractivity contribution is 5.83. The molecule has 6 heteroatoms. The first-order valence-corrected chi connectivity index (χ1v) is 8.94. The maximum absolute atomic E-state index is 6.10. The van der Waals surface area contributed by atoms with E-state index in [1.54, 1.807) is 12.1 Å². The third-order valence-electron chi connectivity index (χ3n) is 3.71. The van der Waals surface area contributed by atoms with Crippen LogP contribution in [-0.2, 0) is 0 Å². The number of nitrogen functional groups attached to an aromatic ring is 2. The summed E-state index contributed by atoms with van der Waals surface area (Å²) in [6.07, 6.45) is 0. The van der Waals surface area contributed by atoms with Gasteiger partial charge in [-0.1, -0.05) is 0 Å². The lowest BCUT2D eigenvalue weighted by atomic mass is 10.0. The summed E-state index contributed by atoms with van der Waals surface area (Å²) in [5.74, 6) is 2.51. The molecule has 0 amide bonds. The first-order chi connectivity index (χ1) is 12.5. The lowest BCUT2D eigenvalue weighted by Gasteiger charge is -2.19. The van der Waals surface area contributed by atoms with Gasteiger partial charge in [0.1, 0.15) is 23.0 Å². The molecule has 2 aromatic rings. The fraction of sp³-hybridized carbons (Fsp3) is 0.400. The monoisotopic (exact) mass is 360 g/mol. The quantitative estimate of drug-likeness (QED) is 0.654. The molecule has 2 rings (SSSR count). The van der Waals surface area contributed by atoms with Crippen LogP contribution >= 0.6 is 0 Å². The molecule has 0 aliphatic heterocycles. The molecular formula is C20H28N2O4. The molecule has 0 radical (unpaired) electrons. The SMILES string of the molecule is CCOc1cc(-c2cc(OCC)c(N)cc2OCC)c(OCC)cc1N. The van der Waals surface area contributed by atoms with Crippen molar-refractivity contribution in [3.63, 3.8) is 0 Å². The van der Waals surface area contributed by atoms with Gasteiger partial charge in [-0.15, -0.1) is 0 Å². The average molecular weight is 360 g/mol. The van der Waals surface area contributed by atoms with Crippen molar-refractivity contribution >= 4 is 11.4 Å². The van der Waals surface area contributed by atoms with Crippen LogP contribution in [0.5, 0.6) is 23.0 Å². The zero-order valence-electron chi connectivity index (χ0n) is 15.9. The number of hydrogen-bond donors (Lipinski definition) is 2. The van der Waals surface area contributed by atoms with Crippen molar-refractivity contribution in [3.8, 4) is 34.1 Å². The standard InChI is InChI=1S/C20H28N2O4/c1-5-23-17-11-15(21)19(25-7-3)9-13(17)14-10-20(26-8-4)16(22)12-18(14)24-6-2/h9-12H,5-8,21-22H2,1-4H3. The number of rotatable bonds is 9. The number of benzene rings is 2. The number of nitrogens with two attached hydrogens (primary N) is 2. The van der Waals surface area contributed by atoms with Gasteiger partial charge in [-0.05, 0) is 39.8 Å². The summed E-state index contributed by atoms with van der Waals surface area (Å²) in [4.78, 5) is 0. The Hall–Kier alpha value is -2.76. The van der Waals surface area contributed by atoms with Gasteiger partial charge in [0.05, 0.1) is 37.8 Å². The molecule has 0 saturated heterocycles. The number of anilines is 2. The van der Waals surface area contributed by atoms with E-state index in [-0.39, 0.29) is 0 Å². The Kier molecular flexibility index (Phi) is 6.83. The van der Waals surface area contributed by atoms with Crippen LogP contribution in [0.4, 0.5) is 11.4 Å². The van der Waals surface area contributed by atoms with Crippen molar-refractivity contribution in [2.45, 2.75) is 27.7 Å². The third-order valence-corrected chi connectivity index (χ3v) is 3.71. The van der Waals surface area contributed by atoms with Crippen LogP contribution in [0.15, 0.2) is 24.3 Å². The Balaban J connectivity index is 2.70. The summed E-state index contributed by atoms with van der Waals surface area (Å²) in [6, 6.07) is 7.29. The summed E-state index contributed by atoms with van der Waals surface area (Å²) in [6.45, 7) is 9.73. The van der Waals surface area contributed by atoms with E-state index in [1.165, 1.54) is 0 Å². The minimum atomic E-state index is 0.512. The minimum Gasteiger partial charge on any atom is -0.493 e. The second kappa shape index (κ2) is 9.08. The molecule has 0 saturated carbocycles. The van der Waals surface area contributed by atoms with Crippen molar-refractivity contribution in [1.29, 1.82) is 0 Å². The number of hydrogen-bond acceptors (Lipinski definition) is 6. The topological polar surface area (TPSA) is 89.0 Å². The smallest absolute Gasteiger partial charge is 0.143 e. The Morgan fingerprint density at radius 2 is 0.846 bits per heavy atom. The Bertz CT molecular complexity index is 684. The molecular weight excluding hydrogens is 332 g/mol. The molecule has 0 spiro atoms. The van der Waals surface area contributed by atoms with Crippen molar-refractivity contribution < 1.29 is 18.9 Å². The molecule has 4 N–H and O–H groups in total. The van der Waals surface area contributed by atoms with Gasteiger partial charge in [0.2, 0.25) is 0 Å². The molecule has 0 heterocycles. The molecule has 0 unspecified atom stereocenters. The minimum absolute atomic E-state index is 0.512. The van der Waals surface area contributed by atoms with Gasteiger partial charge in [-0.2, -0.15) is 0 Å². The van der Waals surface area contributed by atoms with E-state index >= 15 is 0 Å². The Morgan fingerprint density at radius 1 is 0.538 bits per heavy atom. The van der Waals surface area contributed by atoms with E-state index in [2.05, 4.69) is 0 Å². The highest BCUT2D eigenvalue weighted by Crippen LogP contribution is 2.44. The summed E-state index contributed by atoms with van der Waals surface area (Å²) in [7, 11) is 0. The van der Waals surface area contributed by atoms with Gasteiger partial charge in [-0.3, -0.25) is 0 Å². The van der Waals surface area contributed by atoms with Crippen LogP contribution < -0.4 is 30.4 Å². The highest BCUT2D eigenvalue weighted by Gasteiger charge is 2.18. The average Bonchev–Trinajstić information content (AvgIpc) is 2.60. The molecule has 6 nitrogen and oxygen atoms in total. The lowest BCUT2D eigenvalue weighted by molar-refractivity contribution is 0.329. The second-order valence-corrected chi connectivity index (χ2v) is 5.50. The molecule has 0 aliphatic rings. The van der Waals surface area contributed by atoms with Gasteiger partial charge in [-0.25, -0.2) is 0 Å². The predicted molar refractivity (Wildman–Crippen MR) is 105 cm³/mol. The predicted octanol–water partition coefficient (Wildman–Crippen LogP) is 4.11. The van der Waals surface area contributed by atoms with Crippen molar-refractivity contribution in [2.24, 2.45) is 0 Å². The Morgan fingerprint density at radius 3 is 1.15 bits per heavy atom. The fourth-order valence-corrected chi connectivity index (χ4v) is 2.68. The third kappa shape index (κ3) is 4.25. The maximum atomic E-state index is 6.10. The summed E-state index contributed by atoms with van der Waals surface area (Å²) < 4.78 is 22.9. The van der Waals surface area contributed by atoms with Crippen LogP contribution in [0.1, 0.15) is 27.7 Å². The molecule has 142 valence electrons. The van der Waals surface area contributed by atoms with Gasteiger partial charge in [0, 0.05) is 23.3 Å². The zero-order valence-corrected chi connectivity index (χ0v) is 15.9. The van der Waals surface area contributed by atoms with E-state index in [1.807, 2.05) is 39.8 Å². The van der Waals surface area contributed by atoms with Gasteiger partial charge < -0.3 is 30.4 Å². The van der Waals surface area contributed by atoms with E-state index in [4.69, 9.17) is 30.4 Å². The van der Waals surface area contributed by atoms with E-state index < -0.39 is 0 Å². The van der Waals surface area contributed by atoms with Gasteiger partial charge >= 0.3 is 0 Å². The van der Waals surface area contributed by atoms with Crippen molar-refractivity contribution in [2.75, 3.05) is 37.9 Å². The molecule has 0 aromatic heterocycles. The normalized spacial score (nSPS) is 10.5. The summed E-state index contributed by atoms with van der Waals surface area (Å²) >= 11 is 0.